The highest BCUT2D eigenvalue weighted by molar-refractivity contribution is 6.32. The number of nitrogens with two attached hydrogens (primary N) is 1. The summed E-state index contributed by atoms with van der Waals surface area (Å²) < 4.78 is 0. The predicted molar refractivity (Wildman–Crippen MR) is 32.5 cm³/mol. The normalized spacial score (nSPS) is 9.12. The van der Waals surface area contributed by atoms with Crippen molar-refractivity contribution in [3.63, 3.8) is 0 Å². The summed E-state index contributed by atoms with van der Waals surface area (Å²) >= 11 is 5.49. The molecular formula is C5H4ClN2. The van der Waals surface area contributed by atoms with E-state index in [1.54, 1.807) is 6.07 Å². The first-order valence-corrected chi connectivity index (χ1v) is 2.45. The number of pyridine rings is 1. The number of aromatic nitrogens is 1. The van der Waals surface area contributed by atoms with Crippen LogP contribution in [-0.4, -0.2) is 4.98 Å². The zero-order valence-corrected chi connectivity index (χ0v) is 4.81. The van der Waals surface area contributed by atoms with E-state index in [4.69, 9.17) is 17.3 Å². The molecule has 8 heavy (non-hydrogen) atoms. The van der Waals surface area contributed by atoms with E-state index in [-0.39, 0.29) is 0 Å². The average molecular weight is 128 g/mol. The Bertz CT molecular complexity index is 167. The molecule has 2 N–H and O–H groups in total. The van der Waals surface area contributed by atoms with E-state index in [1.165, 1.54) is 6.20 Å². The van der Waals surface area contributed by atoms with Gasteiger partial charge in [-0.15, -0.1) is 0 Å². The topological polar surface area (TPSA) is 38.9 Å². The van der Waals surface area contributed by atoms with Crippen LogP contribution in [0.5, 0.6) is 0 Å². The minimum atomic E-state index is 0.352. The monoisotopic (exact) mass is 127 g/mol. The standard InChI is InChI=1S/C5H4ClN2/c6-4-2-1-3-8-5(4)7/h2-3H,(H2,7,8). The molecule has 0 unspecified atom stereocenters. The van der Waals surface area contributed by atoms with E-state index in [0.29, 0.717) is 10.8 Å². The van der Waals surface area contributed by atoms with Gasteiger partial charge in [0, 0.05) is 12.3 Å². The molecule has 0 aliphatic carbocycles. The van der Waals surface area contributed by atoms with E-state index in [9.17, 15) is 0 Å². The number of nitrogens with zero attached hydrogens (tertiary/aromatic N) is 1. The highest BCUT2D eigenvalue weighted by atomic mass is 35.5. The average Bonchev–Trinajstić information content (AvgIpc) is 1.77. The Morgan fingerprint density at radius 1 is 1.75 bits per heavy atom. The van der Waals surface area contributed by atoms with Crippen molar-refractivity contribution in [1.29, 1.82) is 0 Å². The Morgan fingerprint density at radius 3 is 2.88 bits per heavy atom. The van der Waals surface area contributed by atoms with Crippen molar-refractivity contribution in [2.75, 3.05) is 5.73 Å². The van der Waals surface area contributed by atoms with Crippen LogP contribution < -0.4 is 5.73 Å². The van der Waals surface area contributed by atoms with Gasteiger partial charge in [-0.3, -0.25) is 0 Å². The molecule has 0 fully saturated rings. The Labute approximate surface area is 52.3 Å². The first-order valence-electron chi connectivity index (χ1n) is 2.08. The second kappa shape index (κ2) is 2.01. The summed E-state index contributed by atoms with van der Waals surface area (Å²) in [6, 6.07) is 4.25. The smallest absolute Gasteiger partial charge is 0.142 e. The molecule has 0 saturated carbocycles. The summed E-state index contributed by atoms with van der Waals surface area (Å²) in [4.78, 5) is 3.67. The van der Waals surface area contributed by atoms with Crippen LogP contribution in [0.3, 0.4) is 0 Å². The molecule has 0 atom stereocenters. The Balaban J connectivity index is 3.13. The summed E-state index contributed by atoms with van der Waals surface area (Å²) in [6.45, 7) is 0. The van der Waals surface area contributed by atoms with Gasteiger partial charge in [0.2, 0.25) is 0 Å². The summed E-state index contributed by atoms with van der Waals surface area (Å²) in [5.74, 6) is 0.352. The SMILES string of the molecule is Nc1nc[c]cc1Cl. The number of halogens is 1. The van der Waals surface area contributed by atoms with Crippen LogP contribution in [0.25, 0.3) is 0 Å². The van der Waals surface area contributed by atoms with Crippen LogP contribution in [-0.2, 0) is 0 Å². The fourth-order valence-electron chi connectivity index (χ4n) is 0.353. The lowest BCUT2D eigenvalue weighted by atomic mass is 10.5. The van der Waals surface area contributed by atoms with Crippen molar-refractivity contribution in [3.8, 4) is 0 Å². The van der Waals surface area contributed by atoms with E-state index in [2.05, 4.69) is 11.1 Å². The molecule has 0 spiro atoms. The van der Waals surface area contributed by atoms with Crippen molar-refractivity contribution in [3.05, 3.63) is 23.4 Å². The summed E-state index contributed by atoms with van der Waals surface area (Å²) in [6.07, 6.45) is 1.47. The maximum absolute atomic E-state index is 5.49. The molecule has 0 aliphatic heterocycles. The summed E-state index contributed by atoms with van der Waals surface area (Å²) in [5, 5.41) is 0.451. The molecule has 0 amide bonds. The molecule has 0 aromatic carbocycles. The van der Waals surface area contributed by atoms with Gasteiger partial charge in [0.15, 0.2) is 0 Å². The molecule has 1 aromatic heterocycles. The molecule has 1 heterocycles. The molecule has 1 radical (unpaired) electrons. The Kier molecular flexibility index (Phi) is 1.35. The molecule has 0 aliphatic rings. The zero-order valence-electron chi connectivity index (χ0n) is 4.06. The van der Waals surface area contributed by atoms with Crippen LogP contribution in [0.1, 0.15) is 0 Å². The van der Waals surface area contributed by atoms with Gasteiger partial charge in [0.25, 0.3) is 0 Å². The van der Waals surface area contributed by atoms with Crippen molar-refractivity contribution < 1.29 is 0 Å². The third-order valence-corrected chi connectivity index (χ3v) is 1.04. The lowest BCUT2D eigenvalue weighted by Gasteiger charge is -1.89. The third-order valence-electron chi connectivity index (χ3n) is 0.733. The van der Waals surface area contributed by atoms with E-state index in [1.807, 2.05) is 0 Å². The van der Waals surface area contributed by atoms with Crippen molar-refractivity contribution >= 4 is 17.4 Å². The zero-order chi connectivity index (χ0) is 5.98. The summed E-state index contributed by atoms with van der Waals surface area (Å²) in [5.41, 5.74) is 5.26. The first-order chi connectivity index (χ1) is 3.80. The lowest BCUT2D eigenvalue weighted by molar-refractivity contribution is 1.33. The van der Waals surface area contributed by atoms with Gasteiger partial charge in [-0.1, -0.05) is 11.6 Å². The number of anilines is 1. The molecule has 1 aromatic rings. The maximum Gasteiger partial charge on any atom is 0.142 e. The van der Waals surface area contributed by atoms with E-state index >= 15 is 0 Å². The lowest BCUT2D eigenvalue weighted by Crippen LogP contribution is -1.88. The van der Waals surface area contributed by atoms with Gasteiger partial charge in [0.05, 0.1) is 5.02 Å². The van der Waals surface area contributed by atoms with Crippen LogP contribution in [0.4, 0.5) is 5.82 Å². The quantitative estimate of drug-likeness (QED) is 0.567. The van der Waals surface area contributed by atoms with Crippen LogP contribution >= 0.6 is 11.6 Å². The second-order valence-corrected chi connectivity index (χ2v) is 1.71. The molecule has 2 nitrogen and oxygen atoms in total. The van der Waals surface area contributed by atoms with Crippen LogP contribution in [0, 0.1) is 6.07 Å². The highest BCUT2D eigenvalue weighted by Crippen LogP contribution is 2.11. The van der Waals surface area contributed by atoms with Gasteiger partial charge in [-0.2, -0.15) is 0 Å². The Hall–Kier alpha value is -0.760. The van der Waals surface area contributed by atoms with Crippen LogP contribution in [0.15, 0.2) is 12.3 Å². The Morgan fingerprint density at radius 2 is 2.50 bits per heavy atom. The third kappa shape index (κ3) is 0.898. The number of hydrogen-bond acceptors (Lipinski definition) is 2. The second-order valence-electron chi connectivity index (χ2n) is 1.30. The van der Waals surface area contributed by atoms with Crippen molar-refractivity contribution in [2.24, 2.45) is 0 Å². The largest absolute Gasteiger partial charge is 0.382 e. The summed E-state index contributed by atoms with van der Waals surface area (Å²) in [7, 11) is 0. The van der Waals surface area contributed by atoms with Gasteiger partial charge in [-0.25, -0.2) is 4.98 Å². The van der Waals surface area contributed by atoms with Crippen molar-refractivity contribution in [1.82, 2.24) is 4.98 Å². The number of hydrogen-bond donors (Lipinski definition) is 1. The fourth-order valence-corrected chi connectivity index (χ4v) is 0.465. The molecule has 0 bridgehead atoms. The molecular weight excluding hydrogens is 124 g/mol. The molecule has 41 valence electrons. The molecule has 1 rings (SSSR count). The molecule has 3 heteroatoms. The number of rotatable bonds is 0. The number of nitrogen functional groups attached to an aromatic ring is 1. The van der Waals surface area contributed by atoms with Crippen LogP contribution in [0.2, 0.25) is 5.02 Å². The minimum absolute atomic E-state index is 0.352. The predicted octanol–water partition coefficient (Wildman–Crippen LogP) is 1.12. The van der Waals surface area contributed by atoms with Gasteiger partial charge in [-0.05, 0) is 6.07 Å². The van der Waals surface area contributed by atoms with Gasteiger partial charge in [0.1, 0.15) is 5.82 Å². The van der Waals surface area contributed by atoms with E-state index in [0.717, 1.165) is 0 Å². The molecule has 0 saturated heterocycles. The maximum atomic E-state index is 5.49. The van der Waals surface area contributed by atoms with Crippen molar-refractivity contribution in [2.45, 2.75) is 0 Å². The fraction of sp³-hybridized carbons (Fsp3) is 0. The first kappa shape index (κ1) is 5.38. The minimum Gasteiger partial charge on any atom is -0.382 e. The van der Waals surface area contributed by atoms with E-state index < -0.39 is 0 Å². The highest BCUT2D eigenvalue weighted by Gasteiger charge is 1.89. The van der Waals surface area contributed by atoms with Gasteiger partial charge >= 0.3 is 0 Å². The van der Waals surface area contributed by atoms with Gasteiger partial charge < -0.3 is 5.73 Å².